The van der Waals surface area contributed by atoms with E-state index >= 15 is 0 Å². The highest BCUT2D eigenvalue weighted by Crippen LogP contribution is 2.35. The minimum absolute atomic E-state index is 0.257. The van der Waals surface area contributed by atoms with E-state index < -0.39 is 5.66 Å². The Morgan fingerprint density at radius 2 is 2.04 bits per heavy atom. The molecule has 3 rings (SSSR count). The zero-order valence-electron chi connectivity index (χ0n) is 12.4. The predicted octanol–water partition coefficient (Wildman–Crippen LogP) is 1.36. The van der Waals surface area contributed by atoms with E-state index in [0.717, 1.165) is 6.42 Å². The number of imidazole rings is 1. The second kappa shape index (κ2) is 6.36. The largest absolute Gasteiger partial charge is 0.350 e. The normalized spacial score (nSPS) is 14.2. The van der Waals surface area contributed by atoms with Crippen LogP contribution in [0.2, 0.25) is 0 Å². The molecule has 0 radical (unpaired) electrons. The lowest BCUT2D eigenvalue weighted by Crippen LogP contribution is -2.28. The van der Waals surface area contributed by atoms with Crippen LogP contribution in [0.4, 0.5) is 0 Å². The fourth-order valence-corrected chi connectivity index (χ4v) is 2.11. The molecule has 8 heteroatoms. The van der Waals surface area contributed by atoms with E-state index in [9.17, 15) is 4.79 Å². The molecule has 3 heterocycles. The molecular weight excluding hydrogens is 294 g/mol. The first-order valence-corrected chi connectivity index (χ1v) is 7.19. The third kappa shape index (κ3) is 3.58. The van der Waals surface area contributed by atoms with Gasteiger partial charge in [-0.3, -0.25) is 9.36 Å². The number of hydrogen-bond acceptors (Lipinski definition) is 6. The van der Waals surface area contributed by atoms with Crippen molar-refractivity contribution in [3.05, 3.63) is 36.7 Å². The minimum atomic E-state index is -0.392. The molecule has 0 saturated carbocycles. The molecule has 1 aliphatic heterocycles. The molecule has 0 aromatic carbocycles. The van der Waals surface area contributed by atoms with E-state index in [-0.39, 0.29) is 5.91 Å². The summed E-state index contributed by atoms with van der Waals surface area (Å²) >= 11 is 0. The Bertz CT molecular complexity index is 754. The fraction of sp³-hybridized carbons (Fsp3) is 0.333. The summed E-state index contributed by atoms with van der Waals surface area (Å²) < 4.78 is 1.59. The van der Waals surface area contributed by atoms with Crippen molar-refractivity contribution in [3.63, 3.8) is 0 Å². The standard InChI is InChI=1S/C15H15N7O/c1-2-3-5-15(20-21-15)6-9-16-13(23)12-10-22(11-19-12)14-17-7-4-8-18-14/h1,4,7-8,10-11H,3,5-6,9H2,(H,16,23). The van der Waals surface area contributed by atoms with Gasteiger partial charge in [-0.15, -0.1) is 12.3 Å². The molecular formula is C15H15N7O. The molecule has 2 aromatic rings. The number of terminal acetylenes is 1. The summed E-state index contributed by atoms with van der Waals surface area (Å²) in [5.74, 6) is 2.78. The zero-order chi connectivity index (χ0) is 16.1. The number of amides is 1. The van der Waals surface area contributed by atoms with Crippen LogP contribution < -0.4 is 5.32 Å². The molecule has 116 valence electrons. The van der Waals surface area contributed by atoms with Gasteiger partial charge in [0.2, 0.25) is 5.95 Å². The molecule has 0 saturated heterocycles. The van der Waals surface area contributed by atoms with E-state index in [1.165, 1.54) is 6.33 Å². The Balaban J connectivity index is 1.52. The molecule has 0 unspecified atom stereocenters. The predicted molar refractivity (Wildman–Crippen MR) is 81.8 cm³/mol. The van der Waals surface area contributed by atoms with Gasteiger partial charge in [-0.1, -0.05) is 0 Å². The quantitative estimate of drug-likeness (QED) is 0.781. The van der Waals surface area contributed by atoms with Gasteiger partial charge in [0.15, 0.2) is 5.66 Å². The van der Waals surface area contributed by atoms with E-state index in [4.69, 9.17) is 6.42 Å². The van der Waals surface area contributed by atoms with E-state index in [1.54, 1.807) is 29.2 Å². The second-order valence-electron chi connectivity index (χ2n) is 5.11. The smallest absolute Gasteiger partial charge is 0.271 e. The van der Waals surface area contributed by atoms with E-state index in [2.05, 4.69) is 36.4 Å². The van der Waals surface area contributed by atoms with Crippen LogP contribution >= 0.6 is 0 Å². The van der Waals surface area contributed by atoms with Crippen molar-refractivity contribution in [1.29, 1.82) is 0 Å². The van der Waals surface area contributed by atoms with Crippen molar-refractivity contribution in [1.82, 2.24) is 24.8 Å². The lowest BCUT2D eigenvalue weighted by molar-refractivity contribution is 0.0947. The first kappa shape index (κ1) is 14.8. The van der Waals surface area contributed by atoms with Crippen LogP contribution in [0.15, 0.2) is 41.2 Å². The van der Waals surface area contributed by atoms with Crippen LogP contribution in [0.1, 0.15) is 29.8 Å². The Hall–Kier alpha value is -3.08. The summed E-state index contributed by atoms with van der Waals surface area (Å²) in [6, 6.07) is 1.72. The Kier molecular flexibility index (Phi) is 4.10. The Morgan fingerprint density at radius 1 is 1.26 bits per heavy atom. The maximum Gasteiger partial charge on any atom is 0.271 e. The number of nitrogens with one attached hydrogen (secondary N) is 1. The number of nitrogens with zero attached hydrogens (tertiary/aromatic N) is 6. The number of carbonyl (C=O) groups is 1. The average Bonchev–Trinajstić information content (AvgIpc) is 3.17. The highest BCUT2D eigenvalue weighted by molar-refractivity contribution is 5.92. The summed E-state index contributed by atoms with van der Waals surface area (Å²) in [6.45, 7) is 0.463. The topological polar surface area (TPSA) is 97.4 Å². The van der Waals surface area contributed by atoms with Gasteiger partial charge >= 0.3 is 0 Å². The van der Waals surface area contributed by atoms with Gasteiger partial charge in [-0.2, -0.15) is 10.2 Å². The molecule has 0 fully saturated rings. The van der Waals surface area contributed by atoms with Crippen molar-refractivity contribution in [2.24, 2.45) is 10.2 Å². The van der Waals surface area contributed by atoms with Gasteiger partial charge in [0.25, 0.3) is 5.91 Å². The van der Waals surface area contributed by atoms with Gasteiger partial charge in [0.05, 0.1) is 0 Å². The lowest BCUT2D eigenvalue weighted by atomic mass is 10.0. The zero-order valence-corrected chi connectivity index (χ0v) is 12.4. The Labute approximate surface area is 133 Å². The van der Waals surface area contributed by atoms with Crippen LogP contribution in [0.3, 0.4) is 0 Å². The Morgan fingerprint density at radius 3 is 2.74 bits per heavy atom. The van der Waals surface area contributed by atoms with Crippen molar-refractivity contribution in [3.8, 4) is 18.3 Å². The van der Waals surface area contributed by atoms with Gasteiger partial charge in [-0.25, -0.2) is 15.0 Å². The molecule has 1 aliphatic rings. The summed E-state index contributed by atoms with van der Waals surface area (Å²) in [4.78, 5) is 24.3. The van der Waals surface area contributed by atoms with Crippen molar-refractivity contribution in [2.45, 2.75) is 24.9 Å². The number of rotatable bonds is 7. The molecule has 0 atom stereocenters. The minimum Gasteiger partial charge on any atom is -0.350 e. The molecule has 0 bridgehead atoms. The maximum atomic E-state index is 12.1. The van der Waals surface area contributed by atoms with Crippen molar-refractivity contribution < 1.29 is 4.79 Å². The van der Waals surface area contributed by atoms with Crippen LogP contribution in [-0.2, 0) is 0 Å². The molecule has 23 heavy (non-hydrogen) atoms. The average molecular weight is 309 g/mol. The fourth-order valence-electron chi connectivity index (χ4n) is 2.11. The van der Waals surface area contributed by atoms with Gasteiger partial charge in [-0.05, 0) is 6.07 Å². The molecule has 0 spiro atoms. The van der Waals surface area contributed by atoms with Crippen LogP contribution in [0.5, 0.6) is 0 Å². The van der Waals surface area contributed by atoms with E-state index in [0.29, 0.717) is 31.0 Å². The summed E-state index contributed by atoms with van der Waals surface area (Å²) in [5, 5.41) is 10.9. The van der Waals surface area contributed by atoms with Gasteiger partial charge in [0, 0.05) is 44.4 Å². The first-order chi connectivity index (χ1) is 11.2. The monoisotopic (exact) mass is 309 g/mol. The first-order valence-electron chi connectivity index (χ1n) is 7.19. The maximum absolute atomic E-state index is 12.1. The number of hydrogen-bond donors (Lipinski definition) is 1. The van der Waals surface area contributed by atoms with Crippen molar-refractivity contribution >= 4 is 5.91 Å². The van der Waals surface area contributed by atoms with Crippen molar-refractivity contribution in [2.75, 3.05) is 6.54 Å². The summed E-state index contributed by atoms with van der Waals surface area (Å²) in [6.07, 6.45) is 13.6. The SMILES string of the molecule is C#CCCC1(CCNC(=O)c2cn(-c3ncccn3)cn2)N=N1. The van der Waals surface area contributed by atoms with Crippen LogP contribution in [0, 0.1) is 12.3 Å². The molecule has 8 nitrogen and oxygen atoms in total. The molecule has 0 aliphatic carbocycles. The van der Waals surface area contributed by atoms with Gasteiger partial charge < -0.3 is 5.32 Å². The number of aromatic nitrogens is 4. The highest BCUT2D eigenvalue weighted by atomic mass is 16.1. The third-order valence-electron chi connectivity index (χ3n) is 3.46. The summed E-state index contributed by atoms with van der Waals surface area (Å²) in [7, 11) is 0. The van der Waals surface area contributed by atoms with Crippen LogP contribution in [-0.4, -0.2) is 37.6 Å². The molecule has 1 amide bonds. The number of carbonyl (C=O) groups excluding carboxylic acids is 1. The van der Waals surface area contributed by atoms with Crippen LogP contribution in [0.25, 0.3) is 5.95 Å². The van der Waals surface area contributed by atoms with E-state index in [1.807, 2.05) is 0 Å². The molecule has 1 N–H and O–H groups in total. The second-order valence-corrected chi connectivity index (χ2v) is 5.11. The third-order valence-corrected chi connectivity index (χ3v) is 3.46. The van der Waals surface area contributed by atoms with Gasteiger partial charge in [0.1, 0.15) is 12.0 Å². The molecule has 2 aromatic heterocycles. The highest BCUT2D eigenvalue weighted by Gasteiger charge is 2.38. The summed E-state index contributed by atoms with van der Waals surface area (Å²) in [5.41, 5.74) is -0.0866. The lowest BCUT2D eigenvalue weighted by Gasteiger charge is -2.08.